The summed E-state index contributed by atoms with van der Waals surface area (Å²) >= 11 is 0. The monoisotopic (exact) mass is 448 g/mol. The number of hydrogen-bond donors (Lipinski definition) is 0. The molecule has 0 N–H and O–H groups in total. The first-order valence-corrected chi connectivity index (χ1v) is 11.7. The van der Waals surface area contributed by atoms with E-state index in [0.717, 1.165) is 51.9 Å². The van der Waals surface area contributed by atoms with Crippen molar-refractivity contribution in [2.45, 2.75) is 39.0 Å². The lowest BCUT2D eigenvalue weighted by Crippen LogP contribution is -2.53. The summed E-state index contributed by atoms with van der Waals surface area (Å²) in [6, 6.07) is 7.82. The zero-order chi connectivity index (χ0) is 23.1. The van der Waals surface area contributed by atoms with Crippen molar-refractivity contribution in [1.82, 2.24) is 19.7 Å². The number of carbonyl (C=O) groups is 4. The molecule has 3 aliphatic rings. The van der Waals surface area contributed by atoms with E-state index in [4.69, 9.17) is 4.98 Å². The molecule has 1 unspecified atom stereocenters. The van der Waals surface area contributed by atoms with Crippen LogP contribution >= 0.6 is 0 Å². The van der Waals surface area contributed by atoms with Crippen LogP contribution < -0.4 is 0 Å². The van der Waals surface area contributed by atoms with Crippen LogP contribution in [0.5, 0.6) is 0 Å². The predicted molar refractivity (Wildman–Crippen MR) is 121 cm³/mol. The van der Waals surface area contributed by atoms with Gasteiger partial charge in [-0.05, 0) is 36.8 Å². The van der Waals surface area contributed by atoms with Crippen LogP contribution in [0.15, 0.2) is 24.3 Å². The third-order valence-electron chi connectivity index (χ3n) is 7.09. The summed E-state index contributed by atoms with van der Waals surface area (Å²) in [4.78, 5) is 59.4. The van der Waals surface area contributed by atoms with Gasteiger partial charge >= 0.3 is 0 Å². The number of carbonyl (C=O) groups excluding carboxylic acids is 4. The maximum Gasteiger partial charge on any atom is 0.255 e. The summed E-state index contributed by atoms with van der Waals surface area (Å²) in [6.45, 7) is 3.64. The van der Waals surface area contributed by atoms with Gasteiger partial charge in [0.2, 0.25) is 17.7 Å². The number of nitrogens with zero attached hydrogens (tertiary/aromatic N) is 4. The maximum absolute atomic E-state index is 13.7. The number of hydrogen-bond acceptors (Lipinski definition) is 5. The summed E-state index contributed by atoms with van der Waals surface area (Å²) < 4.78 is 0. The molecule has 172 valence electrons. The smallest absolute Gasteiger partial charge is 0.255 e. The molecule has 0 saturated carbocycles. The molecule has 5 rings (SSSR count). The zero-order valence-corrected chi connectivity index (χ0v) is 18.9. The first-order valence-electron chi connectivity index (χ1n) is 11.7. The van der Waals surface area contributed by atoms with Gasteiger partial charge in [0.15, 0.2) is 0 Å². The van der Waals surface area contributed by atoms with Gasteiger partial charge in [-0.3, -0.25) is 29.1 Å². The molecule has 0 spiro atoms. The molecule has 2 aliphatic heterocycles. The fraction of sp³-hybridized carbons (Fsp3) is 0.480. The minimum absolute atomic E-state index is 0.00375. The van der Waals surface area contributed by atoms with Crippen molar-refractivity contribution in [1.29, 1.82) is 0 Å². The predicted octanol–water partition coefficient (Wildman–Crippen LogP) is 1.79. The first-order chi connectivity index (χ1) is 15.9. The highest BCUT2D eigenvalue weighted by Gasteiger charge is 2.34. The number of aryl methyl sites for hydroxylation is 1. The summed E-state index contributed by atoms with van der Waals surface area (Å²) in [5.41, 5.74) is 3.71. The van der Waals surface area contributed by atoms with Crippen molar-refractivity contribution in [3.63, 3.8) is 0 Å². The minimum Gasteiger partial charge on any atom is -0.338 e. The van der Waals surface area contributed by atoms with Crippen LogP contribution in [0.1, 0.15) is 47.8 Å². The van der Waals surface area contributed by atoms with Gasteiger partial charge in [-0.15, -0.1) is 0 Å². The van der Waals surface area contributed by atoms with Crippen LogP contribution in [0.2, 0.25) is 0 Å². The quantitative estimate of drug-likeness (QED) is 0.668. The highest BCUT2D eigenvalue weighted by atomic mass is 16.2. The number of amides is 4. The van der Waals surface area contributed by atoms with Crippen LogP contribution in [-0.2, 0) is 27.2 Å². The van der Waals surface area contributed by atoms with Crippen LogP contribution in [0.25, 0.3) is 10.9 Å². The normalized spacial score (nSPS) is 21.0. The molecule has 2 saturated heterocycles. The molecule has 3 heterocycles. The summed E-state index contributed by atoms with van der Waals surface area (Å²) in [6.07, 6.45) is 3.17. The van der Waals surface area contributed by atoms with E-state index >= 15 is 0 Å². The number of aromatic nitrogens is 1. The lowest BCUT2D eigenvalue weighted by molar-refractivity contribution is -0.146. The highest BCUT2D eigenvalue weighted by molar-refractivity contribution is 6.08. The topological polar surface area (TPSA) is 90.9 Å². The molecular formula is C25H28N4O4. The minimum atomic E-state index is -0.286. The molecule has 0 bridgehead atoms. The van der Waals surface area contributed by atoms with Crippen LogP contribution in [0.4, 0.5) is 0 Å². The van der Waals surface area contributed by atoms with Crippen molar-refractivity contribution >= 4 is 34.5 Å². The number of benzene rings is 1. The van der Waals surface area contributed by atoms with Gasteiger partial charge in [-0.1, -0.05) is 25.1 Å². The molecule has 1 aliphatic carbocycles. The molecule has 0 radical (unpaired) electrons. The number of imide groups is 1. The summed E-state index contributed by atoms with van der Waals surface area (Å²) in [5, 5.41) is 0.889. The zero-order valence-electron chi connectivity index (χ0n) is 18.9. The van der Waals surface area contributed by atoms with Gasteiger partial charge < -0.3 is 9.80 Å². The molecule has 33 heavy (non-hydrogen) atoms. The molecule has 8 nitrogen and oxygen atoms in total. The molecule has 2 aromatic rings. The Kier molecular flexibility index (Phi) is 5.60. The Labute approximate surface area is 192 Å². The average Bonchev–Trinajstić information content (AvgIpc) is 3.14. The van der Waals surface area contributed by atoms with E-state index in [-0.39, 0.29) is 43.0 Å². The fourth-order valence-electron chi connectivity index (χ4n) is 5.16. The van der Waals surface area contributed by atoms with E-state index in [1.54, 1.807) is 4.90 Å². The Hall–Kier alpha value is -3.29. The van der Waals surface area contributed by atoms with Gasteiger partial charge in [0.05, 0.1) is 11.1 Å². The largest absolute Gasteiger partial charge is 0.338 e. The standard InChI is InChI=1S/C25H28N4O4/c1-16-6-7-20-18(14-16)24(17-4-2-3-5-19(17)26-20)25(33)28-12-10-27(11-13-28)23(32)15-29-21(30)8-9-22(29)31/h2-5,16H,6-15H2,1H3. The number of pyridine rings is 1. The van der Waals surface area contributed by atoms with Crippen molar-refractivity contribution in [2.75, 3.05) is 32.7 Å². The van der Waals surface area contributed by atoms with Crippen LogP contribution in [-0.4, -0.2) is 76.0 Å². The fourth-order valence-corrected chi connectivity index (χ4v) is 5.16. The third-order valence-corrected chi connectivity index (χ3v) is 7.09. The van der Waals surface area contributed by atoms with Crippen molar-refractivity contribution < 1.29 is 19.2 Å². The van der Waals surface area contributed by atoms with E-state index in [1.807, 2.05) is 29.2 Å². The highest BCUT2D eigenvalue weighted by Crippen LogP contribution is 2.32. The van der Waals surface area contributed by atoms with Gasteiger partial charge in [0.25, 0.3) is 5.91 Å². The van der Waals surface area contributed by atoms with Gasteiger partial charge in [0, 0.05) is 50.1 Å². The molecule has 1 aromatic carbocycles. The van der Waals surface area contributed by atoms with Gasteiger partial charge in [-0.2, -0.15) is 0 Å². The van der Waals surface area contributed by atoms with E-state index in [1.165, 1.54) is 0 Å². The SMILES string of the molecule is CC1CCc2nc3ccccc3c(C(=O)N3CCN(C(=O)CN4C(=O)CCC4=O)CC3)c2C1. The number of piperazine rings is 1. The van der Waals surface area contributed by atoms with E-state index < -0.39 is 0 Å². The number of para-hydroxylation sites is 1. The van der Waals surface area contributed by atoms with E-state index in [9.17, 15) is 19.2 Å². The van der Waals surface area contributed by atoms with Gasteiger partial charge in [0.1, 0.15) is 6.54 Å². The average molecular weight is 449 g/mol. The molecule has 2 fully saturated rings. The Morgan fingerprint density at radius 2 is 1.64 bits per heavy atom. The first kappa shape index (κ1) is 21.6. The molecular weight excluding hydrogens is 420 g/mol. The Balaban J connectivity index is 1.33. The summed E-state index contributed by atoms with van der Waals surface area (Å²) in [7, 11) is 0. The molecule has 4 amide bonds. The lowest BCUT2D eigenvalue weighted by atomic mass is 9.83. The third kappa shape index (κ3) is 3.98. The Bertz CT molecular complexity index is 1140. The number of fused-ring (bicyclic) bond motifs is 2. The van der Waals surface area contributed by atoms with Crippen LogP contribution in [0, 0.1) is 5.92 Å². The second-order valence-corrected chi connectivity index (χ2v) is 9.32. The molecule has 1 aromatic heterocycles. The summed E-state index contributed by atoms with van der Waals surface area (Å²) in [5.74, 6) is -0.309. The number of likely N-dealkylation sites (tertiary alicyclic amines) is 1. The number of rotatable bonds is 3. The Morgan fingerprint density at radius 1 is 0.970 bits per heavy atom. The van der Waals surface area contributed by atoms with Crippen LogP contribution in [0.3, 0.4) is 0 Å². The van der Waals surface area contributed by atoms with E-state index in [2.05, 4.69) is 6.92 Å². The molecule has 1 atom stereocenters. The lowest BCUT2D eigenvalue weighted by Gasteiger charge is -2.36. The second-order valence-electron chi connectivity index (χ2n) is 9.32. The Morgan fingerprint density at radius 3 is 2.36 bits per heavy atom. The van der Waals surface area contributed by atoms with Crippen molar-refractivity contribution in [3.05, 3.63) is 41.1 Å². The van der Waals surface area contributed by atoms with E-state index in [0.29, 0.717) is 32.1 Å². The van der Waals surface area contributed by atoms with Crippen molar-refractivity contribution in [2.24, 2.45) is 5.92 Å². The van der Waals surface area contributed by atoms with Gasteiger partial charge in [-0.25, -0.2) is 0 Å². The maximum atomic E-state index is 13.7. The second kappa shape index (κ2) is 8.57. The molecule has 8 heteroatoms. The van der Waals surface area contributed by atoms with Crippen molar-refractivity contribution in [3.8, 4) is 0 Å².